The summed E-state index contributed by atoms with van der Waals surface area (Å²) in [6.45, 7) is 7.76. The van der Waals surface area contributed by atoms with Gasteiger partial charge in [-0.15, -0.1) is 11.8 Å². The molecule has 0 heterocycles. The maximum absolute atomic E-state index is 6.01. The van der Waals surface area contributed by atoms with Crippen LogP contribution in [0.1, 0.15) is 33.6 Å². The van der Waals surface area contributed by atoms with Crippen molar-refractivity contribution in [2.24, 2.45) is 0 Å². The van der Waals surface area contributed by atoms with Crippen LogP contribution in [0.15, 0.2) is 23.1 Å². The van der Waals surface area contributed by atoms with Gasteiger partial charge in [0.2, 0.25) is 0 Å². The molecule has 0 radical (unpaired) electrons. The largest absolute Gasteiger partial charge is 0.314 e. The fourth-order valence-corrected chi connectivity index (χ4v) is 3.35. The first kappa shape index (κ1) is 16.2. The van der Waals surface area contributed by atoms with Crippen LogP contribution in [0.2, 0.25) is 10.0 Å². The fraction of sp³-hybridized carbons (Fsp3) is 0.571. The second-order valence-corrected chi connectivity index (χ2v) is 6.92. The summed E-state index contributed by atoms with van der Waals surface area (Å²) >= 11 is 13.8. The van der Waals surface area contributed by atoms with Crippen molar-refractivity contribution in [3.63, 3.8) is 0 Å². The second kappa shape index (κ2) is 8.31. The summed E-state index contributed by atoms with van der Waals surface area (Å²) in [5.41, 5.74) is 0. The highest BCUT2D eigenvalue weighted by molar-refractivity contribution is 7.99. The highest BCUT2D eigenvalue weighted by Gasteiger charge is 2.10. The summed E-state index contributed by atoms with van der Waals surface area (Å²) < 4.78 is 0. The third-order valence-corrected chi connectivity index (χ3v) is 4.52. The maximum atomic E-state index is 6.01. The van der Waals surface area contributed by atoms with Gasteiger partial charge in [0.25, 0.3) is 0 Å². The molecule has 0 spiro atoms. The summed E-state index contributed by atoms with van der Waals surface area (Å²) in [5.74, 6) is 0. The molecule has 0 aliphatic carbocycles. The molecule has 0 amide bonds. The van der Waals surface area contributed by atoms with E-state index in [1.807, 2.05) is 30.0 Å². The van der Waals surface area contributed by atoms with Crippen LogP contribution in [0.4, 0.5) is 0 Å². The van der Waals surface area contributed by atoms with Crippen LogP contribution in [-0.4, -0.2) is 17.8 Å². The van der Waals surface area contributed by atoms with E-state index in [1.54, 1.807) is 0 Å². The van der Waals surface area contributed by atoms with Crippen LogP contribution in [0.5, 0.6) is 0 Å². The Morgan fingerprint density at radius 1 is 1.22 bits per heavy atom. The van der Waals surface area contributed by atoms with Crippen molar-refractivity contribution in [1.29, 1.82) is 0 Å². The minimum Gasteiger partial charge on any atom is -0.314 e. The molecule has 1 aromatic rings. The minimum absolute atomic E-state index is 0.551. The Hall–Kier alpha value is 0.110. The standard InChI is InChI=1S/C14H21Cl2NS/c1-4-7-17-10(2)8-11(3)18-12-5-6-13(15)14(16)9-12/h5-6,9-11,17H,4,7-8H2,1-3H3. The van der Waals surface area contributed by atoms with Crippen LogP contribution < -0.4 is 5.32 Å². The lowest BCUT2D eigenvalue weighted by atomic mass is 10.2. The van der Waals surface area contributed by atoms with Crippen molar-refractivity contribution in [3.05, 3.63) is 28.2 Å². The van der Waals surface area contributed by atoms with Gasteiger partial charge < -0.3 is 5.32 Å². The fourth-order valence-electron chi connectivity index (χ4n) is 1.80. The zero-order chi connectivity index (χ0) is 13.5. The molecule has 4 heteroatoms. The Balaban J connectivity index is 2.43. The van der Waals surface area contributed by atoms with Gasteiger partial charge in [-0.1, -0.05) is 37.0 Å². The van der Waals surface area contributed by atoms with E-state index in [9.17, 15) is 0 Å². The van der Waals surface area contributed by atoms with Gasteiger partial charge in [-0.3, -0.25) is 0 Å². The molecule has 0 saturated carbocycles. The van der Waals surface area contributed by atoms with Gasteiger partial charge in [-0.25, -0.2) is 0 Å². The lowest BCUT2D eigenvalue weighted by Crippen LogP contribution is -2.29. The zero-order valence-corrected chi connectivity index (χ0v) is 13.5. The van der Waals surface area contributed by atoms with Crippen LogP contribution in [-0.2, 0) is 0 Å². The van der Waals surface area contributed by atoms with Gasteiger partial charge in [-0.2, -0.15) is 0 Å². The predicted octanol–water partition coefficient (Wildman–Crippen LogP) is 5.25. The first-order chi connectivity index (χ1) is 8.52. The molecule has 1 rings (SSSR count). The van der Waals surface area contributed by atoms with Gasteiger partial charge in [0.05, 0.1) is 10.0 Å². The van der Waals surface area contributed by atoms with Crippen molar-refractivity contribution in [3.8, 4) is 0 Å². The lowest BCUT2D eigenvalue weighted by Gasteiger charge is -2.18. The summed E-state index contributed by atoms with van der Waals surface area (Å²) in [6, 6.07) is 6.38. The zero-order valence-electron chi connectivity index (χ0n) is 11.2. The van der Waals surface area contributed by atoms with Gasteiger partial charge in [0.15, 0.2) is 0 Å². The topological polar surface area (TPSA) is 12.0 Å². The van der Waals surface area contributed by atoms with Crippen LogP contribution in [0.25, 0.3) is 0 Å². The Bertz CT molecular complexity index is 371. The molecular weight excluding hydrogens is 285 g/mol. The molecule has 0 bridgehead atoms. The highest BCUT2D eigenvalue weighted by atomic mass is 35.5. The monoisotopic (exact) mass is 305 g/mol. The molecule has 1 N–H and O–H groups in total. The quantitative estimate of drug-likeness (QED) is 0.690. The van der Waals surface area contributed by atoms with Crippen molar-refractivity contribution in [2.45, 2.75) is 49.8 Å². The maximum Gasteiger partial charge on any atom is 0.0603 e. The molecule has 2 unspecified atom stereocenters. The second-order valence-electron chi connectivity index (χ2n) is 4.60. The number of hydrogen-bond acceptors (Lipinski definition) is 2. The summed E-state index contributed by atoms with van der Waals surface area (Å²) in [5, 5.41) is 5.31. The normalized spacial score (nSPS) is 14.5. The number of thioether (sulfide) groups is 1. The highest BCUT2D eigenvalue weighted by Crippen LogP contribution is 2.31. The number of hydrogen-bond donors (Lipinski definition) is 1. The van der Waals surface area contributed by atoms with E-state index in [-0.39, 0.29) is 0 Å². The van der Waals surface area contributed by atoms with Crippen molar-refractivity contribution in [2.75, 3.05) is 6.54 Å². The van der Waals surface area contributed by atoms with E-state index in [0.29, 0.717) is 21.3 Å². The lowest BCUT2D eigenvalue weighted by molar-refractivity contribution is 0.513. The van der Waals surface area contributed by atoms with Gasteiger partial charge in [-0.05, 0) is 44.5 Å². The number of halogens is 2. The minimum atomic E-state index is 0.551. The third kappa shape index (κ3) is 5.83. The smallest absolute Gasteiger partial charge is 0.0603 e. The van der Waals surface area contributed by atoms with Crippen molar-refractivity contribution < 1.29 is 0 Å². The van der Waals surface area contributed by atoms with E-state index in [1.165, 1.54) is 11.3 Å². The molecule has 102 valence electrons. The van der Waals surface area contributed by atoms with E-state index in [4.69, 9.17) is 23.2 Å². The first-order valence-corrected chi connectivity index (χ1v) is 8.01. The molecular formula is C14H21Cl2NS. The molecule has 0 fully saturated rings. The van der Waals surface area contributed by atoms with E-state index < -0.39 is 0 Å². The molecule has 0 aliphatic rings. The van der Waals surface area contributed by atoms with Gasteiger partial charge in [0.1, 0.15) is 0 Å². The van der Waals surface area contributed by atoms with Crippen molar-refractivity contribution >= 4 is 35.0 Å². The predicted molar refractivity (Wildman–Crippen MR) is 84.2 cm³/mol. The average molecular weight is 306 g/mol. The molecule has 1 aromatic carbocycles. The SMILES string of the molecule is CCCNC(C)CC(C)Sc1ccc(Cl)c(Cl)c1. The molecule has 1 nitrogen and oxygen atoms in total. The Kier molecular flexibility index (Phi) is 7.47. The Labute approximate surface area is 125 Å². The summed E-state index contributed by atoms with van der Waals surface area (Å²) in [7, 11) is 0. The summed E-state index contributed by atoms with van der Waals surface area (Å²) in [6.07, 6.45) is 2.32. The van der Waals surface area contributed by atoms with Gasteiger partial charge in [0, 0.05) is 16.2 Å². The molecule has 0 aromatic heterocycles. The molecule has 18 heavy (non-hydrogen) atoms. The Morgan fingerprint density at radius 2 is 1.94 bits per heavy atom. The van der Waals surface area contributed by atoms with E-state index in [0.717, 1.165) is 13.0 Å². The van der Waals surface area contributed by atoms with Crippen LogP contribution in [0.3, 0.4) is 0 Å². The number of benzene rings is 1. The number of rotatable bonds is 7. The molecule has 2 atom stereocenters. The van der Waals surface area contributed by atoms with Crippen LogP contribution >= 0.6 is 35.0 Å². The Morgan fingerprint density at radius 3 is 2.56 bits per heavy atom. The van der Waals surface area contributed by atoms with Crippen molar-refractivity contribution in [1.82, 2.24) is 5.32 Å². The van der Waals surface area contributed by atoms with Gasteiger partial charge >= 0.3 is 0 Å². The third-order valence-electron chi connectivity index (χ3n) is 2.66. The molecule has 0 aliphatic heterocycles. The average Bonchev–Trinajstić information content (AvgIpc) is 2.31. The summed E-state index contributed by atoms with van der Waals surface area (Å²) in [4.78, 5) is 1.18. The first-order valence-electron chi connectivity index (χ1n) is 6.38. The van der Waals surface area contributed by atoms with E-state index in [2.05, 4.69) is 26.1 Å². The van der Waals surface area contributed by atoms with E-state index >= 15 is 0 Å². The number of nitrogens with one attached hydrogen (secondary N) is 1. The molecule has 0 saturated heterocycles. The van der Waals surface area contributed by atoms with Crippen LogP contribution in [0, 0.1) is 0 Å².